The van der Waals surface area contributed by atoms with Crippen LogP contribution in [0.3, 0.4) is 0 Å². The number of hydrogen-bond acceptors (Lipinski definition) is 5. The maximum atomic E-state index is 12.8. The zero-order chi connectivity index (χ0) is 21.0. The third kappa shape index (κ3) is 4.88. The molecule has 0 bridgehead atoms. The molecule has 1 aromatic heterocycles. The van der Waals surface area contributed by atoms with Crippen molar-refractivity contribution in [3.63, 3.8) is 0 Å². The molecule has 1 N–H and O–H groups in total. The summed E-state index contributed by atoms with van der Waals surface area (Å²) in [5, 5.41) is 3.32. The molecule has 0 spiro atoms. The molecule has 3 rings (SSSR count). The Bertz CT molecular complexity index is 916. The Morgan fingerprint density at radius 3 is 2.76 bits per heavy atom. The number of rotatable bonds is 5. The van der Waals surface area contributed by atoms with Crippen LogP contribution in [0.4, 0.5) is 11.5 Å². The molecular weight excluding hydrogens is 390 g/mol. The number of benzene rings is 1. The van der Waals surface area contributed by atoms with E-state index in [-0.39, 0.29) is 11.6 Å². The van der Waals surface area contributed by atoms with Crippen LogP contribution in [0.2, 0.25) is 5.02 Å². The highest BCUT2D eigenvalue weighted by Crippen LogP contribution is 2.28. The molecule has 6 nitrogen and oxygen atoms in total. The number of ether oxygens (including phenoxy) is 1. The van der Waals surface area contributed by atoms with E-state index in [4.69, 9.17) is 16.3 Å². The van der Waals surface area contributed by atoms with Crippen LogP contribution in [-0.2, 0) is 4.74 Å². The van der Waals surface area contributed by atoms with E-state index in [1.807, 2.05) is 6.07 Å². The summed E-state index contributed by atoms with van der Waals surface area (Å²) in [4.78, 5) is 31.4. The van der Waals surface area contributed by atoms with Crippen molar-refractivity contribution in [1.82, 2.24) is 4.98 Å². The van der Waals surface area contributed by atoms with Crippen LogP contribution >= 0.6 is 11.6 Å². The quantitative estimate of drug-likeness (QED) is 0.706. The van der Waals surface area contributed by atoms with Gasteiger partial charge in [-0.05, 0) is 68.5 Å². The number of nitrogens with one attached hydrogen (secondary N) is 1. The summed E-state index contributed by atoms with van der Waals surface area (Å²) in [6.07, 6.45) is 4.47. The van der Waals surface area contributed by atoms with Crippen LogP contribution in [0.25, 0.3) is 0 Å². The minimum absolute atomic E-state index is 0.266. The first-order chi connectivity index (χ1) is 13.9. The van der Waals surface area contributed by atoms with Gasteiger partial charge >= 0.3 is 5.97 Å². The maximum Gasteiger partial charge on any atom is 0.338 e. The van der Waals surface area contributed by atoms with Crippen LogP contribution in [0, 0.1) is 6.92 Å². The largest absolute Gasteiger partial charge is 0.465 e. The summed E-state index contributed by atoms with van der Waals surface area (Å²) < 4.78 is 4.75. The smallest absolute Gasteiger partial charge is 0.338 e. The van der Waals surface area contributed by atoms with Crippen molar-refractivity contribution < 1.29 is 14.3 Å². The number of esters is 1. The zero-order valence-corrected chi connectivity index (χ0v) is 17.8. The van der Waals surface area contributed by atoms with Gasteiger partial charge in [-0.3, -0.25) is 4.79 Å². The van der Waals surface area contributed by atoms with Crippen LogP contribution < -0.4 is 10.2 Å². The molecule has 1 aliphatic heterocycles. The van der Waals surface area contributed by atoms with Gasteiger partial charge in [0, 0.05) is 23.3 Å². The van der Waals surface area contributed by atoms with Crippen LogP contribution in [0.5, 0.6) is 0 Å². The molecule has 7 heteroatoms. The van der Waals surface area contributed by atoms with Gasteiger partial charge in [0.2, 0.25) is 0 Å². The van der Waals surface area contributed by atoms with Gasteiger partial charge in [-0.2, -0.15) is 0 Å². The molecule has 1 atom stereocenters. The molecule has 1 aromatic carbocycles. The Hall–Kier alpha value is -2.60. The van der Waals surface area contributed by atoms with Gasteiger partial charge in [-0.15, -0.1) is 0 Å². The van der Waals surface area contributed by atoms with Crippen molar-refractivity contribution in [2.45, 2.75) is 45.6 Å². The average molecular weight is 416 g/mol. The van der Waals surface area contributed by atoms with E-state index in [2.05, 4.69) is 22.1 Å². The van der Waals surface area contributed by atoms with E-state index in [9.17, 15) is 9.59 Å². The SMILES string of the molecule is CC[C@@H]1CCCCN1c1cc(Cl)cc(C(=O)Nc2ccc(C(=O)OC)c(C)c2)n1. The Labute approximate surface area is 176 Å². The summed E-state index contributed by atoms with van der Waals surface area (Å²) in [7, 11) is 1.34. The zero-order valence-electron chi connectivity index (χ0n) is 17.0. The Kier molecular flexibility index (Phi) is 6.75. The first kappa shape index (κ1) is 21.1. The fourth-order valence-electron chi connectivity index (χ4n) is 3.75. The number of halogens is 1. The number of nitrogens with zero attached hydrogens (tertiary/aromatic N) is 2. The lowest BCUT2D eigenvalue weighted by atomic mass is 10.00. The van der Waals surface area contributed by atoms with E-state index >= 15 is 0 Å². The number of carbonyl (C=O) groups excluding carboxylic acids is 2. The maximum absolute atomic E-state index is 12.8. The summed E-state index contributed by atoms with van der Waals surface area (Å²) in [5.74, 6) is -0.0102. The van der Waals surface area contributed by atoms with Crippen molar-refractivity contribution in [3.8, 4) is 0 Å². The number of hydrogen-bond donors (Lipinski definition) is 1. The number of pyridine rings is 1. The number of piperidine rings is 1. The molecule has 0 unspecified atom stereocenters. The standard InChI is InChI=1S/C22H26ClN3O3/c1-4-17-7-5-6-10-26(17)20-13-15(23)12-19(25-20)21(27)24-16-8-9-18(14(2)11-16)22(28)29-3/h8-9,11-13,17H,4-7,10H2,1-3H3,(H,24,27)/t17-/m1/s1. The van der Waals surface area contributed by atoms with E-state index in [1.54, 1.807) is 31.2 Å². The fraction of sp³-hybridized carbons (Fsp3) is 0.409. The molecule has 29 heavy (non-hydrogen) atoms. The molecule has 154 valence electrons. The first-order valence-electron chi connectivity index (χ1n) is 9.87. The number of carbonyl (C=O) groups is 2. The fourth-order valence-corrected chi connectivity index (χ4v) is 3.95. The molecule has 1 aliphatic rings. The van der Waals surface area contributed by atoms with E-state index in [0.29, 0.717) is 27.9 Å². The van der Waals surface area contributed by atoms with Crippen molar-refractivity contribution in [1.29, 1.82) is 0 Å². The second-order valence-electron chi connectivity index (χ2n) is 7.26. The van der Waals surface area contributed by atoms with Crippen molar-refractivity contribution in [3.05, 3.63) is 52.2 Å². The first-order valence-corrected chi connectivity index (χ1v) is 10.2. The van der Waals surface area contributed by atoms with Crippen LogP contribution in [-0.4, -0.2) is 36.6 Å². The van der Waals surface area contributed by atoms with E-state index in [1.165, 1.54) is 13.5 Å². The molecule has 0 aliphatic carbocycles. The van der Waals surface area contributed by atoms with E-state index in [0.717, 1.165) is 31.6 Å². The highest BCUT2D eigenvalue weighted by molar-refractivity contribution is 6.31. The molecular formula is C22H26ClN3O3. The summed E-state index contributed by atoms with van der Waals surface area (Å²) in [6, 6.07) is 8.84. The monoisotopic (exact) mass is 415 g/mol. The van der Waals surface area contributed by atoms with Gasteiger partial charge in [0.15, 0.2) is 0 Å². The number of anilines is 2. The van der Waals surface area contributed by atoms with Gasteiger partial charge in [-0.1, -0.05) is 18.5 Å². The third-order valence-corrected chi connectivity index (χ3v) is 5.51. The lowest BCUT2D eigenvalue weighted by Gasteiger charge is -2.36. The average Bonchev–Trinajstić information content (AvgIpc) is 2.72. The normalized spacial score (nSPS) is 16.4. The molecule has 1 fully saturated rings. The third-order valence-electron chi connectivity index (χ3n) is 5.29. The lowest BCUT2D eigenvalue weighted by Crippen LogP contribution is -2.39. The van der Waals surface area contributed by atoms with Gasteiger partial charge in [0.1, 0.15) is 11.5 Å². The summed E-state index contributed by atoms with van der Waals surface area (Å²) >= 11 is 6.31. The number of amides is 1. The molecule has 0 radical (unpaired) electrons. The topological polar surface area (TPSA) is 71.5 Å². The number of aryl methyl sites for hydroxylation is 1. The van der Waals surface area contributed by atoms with E-state index < -0.39 is 5.97 Å². The van der Waals surface area contributed by atoms with Crippen LogP contribution in [0.1, 0.15) is 59.0 Å². The highest BCUT2D eigenvalue weighted by Gasteiger charge is 2.23. The lowest BCUT2D eigenvalue weighted by molar-refractivity contribution is 0.0600. The molecule has 1 amide bonds. The molecule has 1 saturated heterocycles. The minimum Gasteiger partial charge on any atom is -0.465 e. The predicted molar refractivity (Wildman–Crippen MR) is 115 cm³/mol. The molecule has 2 heterocycles. The number of methoxy groups -OCH3 is 1. The van der Waals surface area contributed by atoms with Gasteiger partial charge in [0.05, 0.1) is 12.7 Å². The highest BCUT2D eigenvalue weighted by atomic mass is 35.5. The van der Waals surface area contributed by atoms with Gasteiger partial charge in [-0.25, -0.2) is 9.78 Å². The predicted octanol–water partition coefficient (Wildman–Crippen LogP) is 4.85. The van der Waals surface area contributed by atoms with Gasteiger partial charge in [0.25, 0.3) is 5.91 Å². The van der Waals surface area contributed by atoms with Crippen LogP contribution in [0.15, 0.2) is 30.3 Å². The number of aromatic nitrogens is 1. The summed E-state index contributed by atoms with van der Waals surface area (Å²) in [5.41, 5.74) is 2.02. The Morgan fingerprint density at radius 1 is 1.28 bits per heavy atom. The Balaban J connectivity index is 1.82. The second-order valence-corrected chi connectivity index (χ2v) is 7.69. The van der Waals surface area contributed by atoms with Crippen molar-refractivity contribution in [2.75, 3.05) is 23.9 Å². The van der Waals surface area contributed by atoms with Gasteiger partial charge < -0.3 is 15.0 Å². The summed E-state index contributed by atoms with van der Waals surface area (Å²) in [6.45, 7) is 4.88. The minimum atomic E-state index is -0.409. The van der Waals surface area contributed by atoms with Crippen molar-refractivity contribution >= 4 is 35.0 Å². The molecule has 2 aromatic rings. The molecule has 0 saturated carbocycles. The Morgan fingerprint density at radius 2 is 2.07 bits per heavy atom. The van der Waals surface area contributed by atoms with Crippen molar-refractivity contribution in [2.24, 2.45) is 0 Å². The second kappa shape index (κ2) is 9.27.